The van der Waals surface area contributed by atoms with Gasteiger partial charge in [-0.05, 0) is 25.5 Å². The Labute approximate surface area is 148 Å². The van der Waals surface area contributed by atoms with Crippen LogP contribution in [0.25, 0.3) is 0 Å². The first-order valence-electron chi connectivity index (χ1n) is 8.42. The van der Waals surface area contributed by atoms with Crippen LogP contribution in [-0.4, -0.2) is 36.6 Å². The molecule has 1 N–H and O–H groups in total. The predicted octanol–water partition coefficient (Wildman–Crippen LogP) is 3.88. The number of rotatable bonds is 12. The second-order valence-electron chi connectivity index (χ2n) is 5.25. The van der Waals surface area contributed by atoms with E-state index >= 15 is 0 Å². The van der Waals surface area contributed by atoms with Gasteiger partial charge >= 0.3 is 5.97 Å². The molecule has 0 atom stereocenters. The number of carbonyl (C=O) groups excluding carboxylic acids is 2. The summed E-state index contributed by atoms with van der Waals surface area (Å²) in [6.07, 6.45) is 4.30. The van der Waals surface area contributed by atoms with Crippen molar-refractivity contribution in [3.8, 4) is 5.75 Å². The lowest BCUT2D eigenvalue weighted by molar-refractivity contribution is -0.140. The highest BCUT2D eigenvalue weighted by Gasteiger charge is 2.09. The van der Waals surface area contributed by atoms with Gasteiger partial charge in [0.25, 0.3) is 0 Å². The third-order valence-corrected chi connectivity index (χ3v) is 4.08. The molecule has 0 aliphatic rings. The maximum atomic E-state index is 11.9. The molecule has 0 aliphatic heterocycles. The molecule has 134 valence electrons. The third-order valence-electron chi connectivity index (χ3n) is 3.17. The Bertz CT molecular complexity index is 508. The molecule has 0 aliphatic carbocycles. The molecule has 1 rings (SSSR count). The molecule has 0 saturated carbocycles. The maximum Gasteiger partial charge on any atom is 0.315 e. The Hall–Kier alpha value is -1.69. The van der Waals surface area contributed by atoms with Gasteiger partial charge in [0.2, 0.25) is 5.91 Å². The minimum absolute atomic E-state index is 0.164. The van der Waals surface area contributed by atoms with Gasteiger partial charge < -0.3 is 14.8 Å². The number of unbranched alkanes of at least 4 members (excludes halogenated alkanes) is 3. The number of hydrogen-bond acceptors (Lipinski definition) is 5. The summed E-state index contributed by atoms with van der Waals surface area (Å²) in [4.78, 5) is 23.5. The van der Waals surface area contributed by atoms with Crippen LogP contribution in [0.5, 0.6) is 5.75 Å². The van der Waals surface area contributed by atoms with Crippen molar-refractivity contribution in [2.45, 2.75) is 39.5 Å². The summed E-state index contributed by atoms with van der Waals surface area (Å²) < 4.78 is 10.6. The number of ether oxygens (including phenoxy) is 2. The fourth-order valence-electron chi connectivity index (χ4n) is 2.02. The largest absolute Gasteiger partial charge is 0.492 e. The fourth-order valence-corrected chi connectivity index (χ4v) is 2.63. The van der Waals surface area contributed by atoms with Crippen molar-refractivity contribution in [1.82, 2.24) is 0 Å². The van der Waals surface area contributed by atoms with Crippen LogP contribution in [0.2, 0.25) is 0 Å². The van der Waals surface area contributed by atoms with Gasteiger partial charge in [-0.25, -0.2) is 0 Å². The first kappa shape index (κ1) is 20.4. The highest BCUT2D eigenvalue weighted by Crippen LogP contribution is 2.23. The van der Waals surface area contributed by atoms with Crippen LogP contribution in [0.3, 0.4) is 0 Å². The van der Waals surface area contributed by atoms with E-state index in [0.717, 1.165) is 25.7 Å². The number of carbonyl (C=O) groups is 2. The van der Waals surface area contributed by atoms with Gasteiger partial charge in [0.1, 0.15) is 5.75 Å². The van der Waals surface area contributed by atoms with Gasteiger partial charge in [0.15, 0.2) is 0 Å². The van der Waals surface area contributed by atoms with Crippen LogP contribution in [0.15, 0.2) is 24.3 Å². The van der Waals surface area contributed by atoms with Gasteiger partial charge in [-0.1, -0.05) is 38.3 Å². The molecule has 0 radical (unpaired) electrons. The third kappa shape index (κ3) is 8.82. The highest BCUT2D eigenvalue weighted by molar-refractivity contribution is 8.00. The number of esters is 1. The molecule has 1 aromatic carbocycles. The first-order valence-corrected chi connectivity index (χ1v) is 9.57. The van der Waals surface area contributed by atoms with E-state index in [4.69, 9.17) is 9.47 Å². The molecule has 0 saturated heterocycles. The summed E-state index contributed by atoms with van der Waals surface area (Å²) >= 11 is 1.25. The van der Waals surface area contributed by atoms with Crippen LogP contribution >= 0.6 is 11.8 Å². The lowest BCUT2D eigenvalue weighted by Crippen LogP contribution is -2.17. The molecular formula is C18H27NO4S. The van der Waals surface area contributed by atoms with Gasteiger partial charge in [-0.15, -0.1) is 11.8 Å². The van der Waals surface area contributed by atoms with Crippen LogP contribution in [0.4, 0.5) is 5.69 Å². The lowest BCUT2D eigenvalue weighted by Gasteiger charge is -2.11. The van der Waals surface area contributed by atoms with E-state index in [1.54, 1.807) is 6.07 Å². The Morgan fingerprint density at radius 3 is 2.62 bits per heavy atom. The van der Waals surface area contributed by atoms with Crippen LogP contribution in [-0.2, 0) is 14.3 Å². The maximum absolute atomic E-state index is 11.9. The molecule has 0 bridgehead atoms. The first-order chi connectivity index (χ1) is 11.7. The fraction of sp³-hybridized carbons (Fsp3) is 0.556. The topological polar surface area (TPSA) is 64.6 Å². The van der Waals surface area contributed by atoms with E-state index in [9.17, 15) is 9.59 Å². The summed E-state index contributed by atoms with van der Waals surface area (Å²) in [5, 5.41) is 2.80. The summed E-state index contributed by atoms with van der Waals surface area (Å²) in [5.41, 5.74) is 0.642. The molecule has 5 nitrogen and oxygen atoms in total. The number of benzene rings is 1. The summed E-state index contributed by atoms with van der Waals surface area (Å²) in [7, 11) is 0. The van der Waals surface area contributed by atoms with E-state index < -0.39 is 0 Å². The average molecular weight is 353 g/mol. The van der Waals surface area contributed by atoms with Crippen LogP contribution in [0.1, 0.15) is 39.5 Å². The molecule has 0 heterocycles. The predicted molar refractivity (Wildman–Crippen MR) is 98.7 cm³/mol. The molecule has 6 heteroatoms. The van der Waals surface area contributed by atoms with E-state index in [1.165, 1.54) is 11.8 Å². The van der Waals surface area contributed by atoms with Gasteiger partial charge in [-0.2, -0.15) is 0 Å². The van der Waals surface area contributed by atoms with E-state index in [-0.39, 0.29) is 23.4 Å². The Morgan fingerprint density at radius 1 is 1.08 bits per heavy atom. The molecule has 24 heavy (non-hydrogen) atoms. The van der Waals surface area contributed by atoms with E-state index in [2.05, 4.69) is 12.2 Å². The van der Waals surface area contributed by atoms with Crippen LogP contribution in [0, 0.1) is 0 Å². The van der Waals surface area contributed by atoms with Crippen molar-refractivity contribution in [2.75, 3.05) is 30.0 Å². The summed E-state index contributed by atoms with van der Waals surface area (Å²) in [6.45, 7) is 5.03. The minimum Gasteiger partial charge on any atom is -0.492 e. The molecule has 0 spiro atoms. The van der Waals surface area contributed by atoms with Crippen molar-refractivity contribution in [1.29, 1.82) is 0 Å². The number of para-hydroxylation sites is 2. The molecule has 0 fully saturated rings. The second-order valence-corrected chi connectivity index (χ2v) is 6.24. The van der Waals surface area contributed by atoms with Crippen molar-refractivity contribution in [2.24, 2.45) is 0 Å². The van der Waals surface area contributed by atoms with Crippen molar-refractivity contribution < 1.29 is 19.1 Å². The Balaban J connectivity index is 2.21. The Morgan fingerprint density at radius 2 is 1.88 bits per heavy atom. The summed E-state index contributed by atoms with van der Waals surface area (Å²) in [6, 6.07) is 7.29. The SMILES string of the molecule is CCCCCCOC(=O)CSCC(=O)Nc1ccccc1OCC. The number of anilines is 1. The number of hydrogen-bond donors (Lipinski definition) is 1. The Kier molecular flexibility index (Phi) is 10.8. The number of thioether (sulfide) groups is 1. The molecule has 1 aromatic rings. The van der Waals surface area contributed by atoms with E-state index in [0.29, 0.717) is 24.7 Å². The molecule has 0 unspecified atom stereocenters. The smallest absolute Gasteiger partial charge is 0.315 e. The second kappa shape index (κ2) is 12.7. The molecule has 1 amide bonds. The normalized spacial score (nSPS) is 10.2. The minimum atomic E-state index is -0.265. The quantitative estimate of drug-likeness (QED) is 0.456. The number of amides is 1. The zero-order chi connectivity index (χ0) is 17.6. The van der Waals surface area contributed by atoms with Crippen LogP contribution < -0.4 is 10.1 Å². The zero-order valence-corrected chi connectivity index (χ0v) is 15.3. The molecular weight excluding hydrogens is 326 g/mol. The van der Waals surface area contributed by atoms with Gasteiger partial charge in [0.05, 0.1) is 30.4 Å². The standard InChI is InChI=1S/C18H27NO4S/c1-3-5-6-9-12-23-18(21)14-24-13-17(20)19-15-10-7-8-11-16(15)22-4-2/h7-8,10-11H,3-6,9,12-14H2,1-2H3,(H,19,20). The van der Waals surface area contributed by atoms with Gasteiger partial charge in [-0.3, -0.25) is 9.59 Å². The van der Waals surface area contributed by atoms with Crippen molar-refractivity contribution >= 4 is 29.3 Å². The van der Waals surface area contributed by atoms with E-state index in [1.807, 2.05) is 25.1 Å². The summed E-state index contributed by atoms with van der Waals surface area (Å²) in [5.74, 6) is 0.603. The lowest BCUT2D eigenvalue weighted by atomic mass is 10.2. The average Bonchev–Trinajstić information content (AvgIpc) is 2.57. The van der Waals surface area contributed by atoms with Crippen molar-refractivity contribution in [3.63, 3.8) is 0 Å². The monoisotopic (exact) mass is 353 g/mol. The zero-order valence-electron chi connectivity index (χ0n) is 14.5. The highest BCUT2D eigenvalue weighted by atomic mass is 32.2. The number of nitrogens with one attached hydrogen (secondary N) is 1. The van der Waals surface area contributed by atoms with Crippen molar-refractivity contribution in [3.05, 3.63) is 24.3 Å². The molecule has 0 aromatic heterocycles. The van der Waals surface area contributed by atoms with Gasteiger partial charge in [0, 0.05) is 0 Å².